The van der Waals surface area contributed by atoms with Crippen molar-refractivity contribution in [3.8, 4) is 5.69 Å². The third-order valence-corrected chi connectivity index (χ3v) is 3.47. The van der Waals surface area contributed by atoms with Crippen LogP contribution < -0.4 is 0 Å². The third-order valence-electron chi connectivity index (χ3n) is 2.51. The molecule has 0 radical (unpaired) electrons. The summed E-state index contributed by atoms with van der Waals surface area (Å²) >= 11 is 23.1. The fourth-order valence-electron chi connectivity index (χ4n) is 1.63. The molecule has 0 aliphatic carbocycles. The zero-order valence-electron chi connectivity index (χ0n) is 10.2. The van der Waals surface area contributed by atoms with Crippen LogP contribution in [-0.2, 0) is 6.18 Å². The summed E-state index contributed by atoms with van der Waals surface area (Å²) in [6, 6.07) is 1.35. The highest BCUT2D eigenvalue weighted by Gasteiger charge is 2.33. The number of benzene rings is 1. The van der Waals surface area contributed by atoms with Gasteiger partial charge in [0.25, 0.3) is 0 Å². The molecule has 0 atom stereocenters. The molecule has 0 saturated heterocycles. The minimum absolute atomic E-state index is 0.103. The van der Waals surface area contributed by atoms with Crippen LogP contribution in [0.2, 0.25) is 10.0 Å². The Labute approximate surface area is 141 Å². The number of carbonyl (C=O) groups excluding carboxylic acids is 1. The summed E-state index contributed by atoms with van der Waals surface area (Å²) in [6.45, 7) is 0. The van der Waals surface area contributed by atoms with E-state index in [2.05, 4.69) is 10.1 Å². The van der Waals surface area contributed by atoms with Gasteiger partial charge >= 0.3 is 6.18 Å². The SMILES string of the molecule is O=Cc1nc(C(Cl)Cl)n(-c2c(Cl)cc(C(F)(F)F)cc2Cl)n1. The van der Waals surface area contributed by atoms with Crippen LogP contribution in [0.4, 0.5) is 13.2 Å². The largest absolute Gasteiger partial charge is 0.416 e. The molecule has 0 fully saturated rings. The Morgan fingerprint density at radius 2 is 1.73 bits per heavy atom. The van der Waals surface area contributed by atoms with Crippen LogP contribution in [0, 0.1) is 0 Å². The molecule has 11 heteroatoms. The Hall–Kier alpha value is -1.02. The van der Waals surface area contributed by atoms with Crippen molar-refractivity contribution in [2.75, 3.05) is 0 Å². The van der Waals surface area contributed by atoms with E-state index < -0.39 is 16.6 Å². The van der Waals surface area contributed by atoms with Crippen molar-refractivity contribution in [1.82, 2.24) is 14.8 Å². The predicted octanol–water partition coefficient (Wildman–Crippen LogP) is 4.88. The molecular formula is C11H4Cl4F3N3O. The summed E-state index contributed by atoms with van der Waals surface area (Å²) in [5, 5.41) is 3.05. The maximum absolute atomic E-state index is 12.7. The van der Waals surface area contributed by atoms with Gasteiger partial charge in [-0.1, -0.05) is 46.4 Å². The molecule has 118 valence electrons. The molecule has 1 aromatic heterocycles. The summed E-state index contributed by atoms with van der Waals surface area (Å²) in [5.74, 6) is -0.373. The van der Waals surface area contributed by atoms with Crippen molar-refractivity contribution in [3.05, 3.63) is 39.4 Å². The average molecular weight is 393 g/mol. The van der Waals surface area contributed by atoms with Crippen LogP contribution in [0.15, 0.2) is 12.1 Å². The Kier molecular flexibility index (Phi) is 4.91. The van der Waals surface area contributed by atoms with Crippen molar-refractivity contribution in [1.29, 1.82) is 0 Å². The first-order valence-electron chi connectivity index (χ1n) is 5.42. The van der Waals surface area contributed by atoms with Crippen molar-refractivity contribution in [2.24, 2.45) is 0 Å². The normalized spacial score (nSPS) is 12.0. The molecule has 0 amide bonds. The first-order chi connectivity index (χ1) is 10.1. The molecular weight excluding hydrogens is 389 g/mol. The van der Waals surface area contributed by atoms with Gasteiger partial charge in [-0.25, -0.2) is 9.67 Å². The summed E-state index contributed by atoms with van der Waals surface area (Å²) in [6.07, 6.45) is -4.30. The highest BCUT2D eigenvalue weighted by Crippen LogP contribution is 2.38. The van der Waals surface area contributed by atoms with Gasteiger partial charge in [-0.2, -0.15) is 13.2 Å². The van der Waals surface area contributed by atoms with Crippen LogP contribution in [0.3, 0.4) is 0 Å². The number of alkyl halides is 5. The lowest BCUT2D eigenvalue weighted by atomic mass is 10.2. The van der Waals surface area contributed by atoms with Crippen molar-refractivity contribution >= 4 is 52.7 Å². The zero-order chi connectivity index (χ0) is 16.7. The number of hydrogen-bond donors (Lipinski definition) is 0. The Morgan fingerprint density at radius 3 is 2.14 bits per heavy atom. The van der Waals surface area contributed by atoms with Gasteiger partial charge in [-0.05, 0) is 12.1 Å². The zero-order valence-corrected chi connectivity index (χ0v) is 13.2. The molecule has 22 heavy (non-hydrogen) atoms. The highest BCUT2D eigenvalue weighted by atomic mass is 35.5. The second kappa shape index (κ2) is 6.23. The number of halogens is 7. The smallest absolute Gasteiger partial charge is 0.294 e. The van der Waals surface area contributed by atoms with Crippen molar-refractivity contribution in [3.63, 3.8) is 0 Å². The van der Waals surface area contributed by atoms with Crippen molar-refractivity contribution < 1.29 is 18.0 Å². The lowest BCUT2D eigenvalue weighted by Crippen LogP contribution is -2.09. The van der Waals surface area contributed by atoms with E-state index in [9.17, 15) is 18.0 Å². The lowest BCUT2D eigenvalue weighted by Gasteiger charge is -2.13. The fourth-order valence-corrected chi connectivity index (χ4v) is 2.56. The monoisotopic (exact) mass is 391 g/mol. The minimum atomic E-state index is -4.62. The van der Waals surface area contributed by atoms with E-state index in [4.69, 9.17) is 46.4 Å². The third kappa shape index (κ3) is 3.32. The second-order valence-corrected chi connectivity index (χ2v) is 5.86. The van der Waals surface area contributed by atoms with Gasteiger partial charge in [0, 0.05) is 0 Å². The molecule has 0 bridgehead atoms. The Balaban J connectivity index is 2.68. The van der Waals surface area contributed by atoms with Crippen LogP contribution in [0.25, 0.3) is 5.69 Å². The quantitative estimate of drug-likeness (QED) is 0.552. The first kappa shape index (κ1) is 17.3. The van der Waals surface area contributed by atoms with Gasteiger partial charge in [0.1, 0.15) is 5.69 Å². The van der Waals surface area contributed by atoms with E-state index in [1.165, 1.54) is 0 Å². The molecule has 2 rings (SSSR count). The number of aromatic nitrogens is 3. The van der Waals surface area contributed by atoms with Crippen LogP contribution in [0.1, 0.15) is 26.8 Å². The summed E-state index contributed by atoms with van der Waals surface area (Å²) in [7, 11) is 0. The van der Waals surface area contributed by atoms with E-state index in [-0.39, 0.29) is 27.4 Å². The molecule has 0 unspecified atom stereocenters. The summed E-state index contributed by atoms with van der Waals surface area (Å²) < 4.78 is 39.1. The van der Waals surface area contributed by atoms with E-state index in [1.54, 1.807) is 0 Å². The second-order valence-electron chi connectivity index (χ2n) is 3.94. The molecule has 0 aliphatic rings. The number of aldehydes is 1. The van der Waals surface area contributed by atoms with Gasteiger partial charge < -0.3 is 0 Å². The lowest BCUT2D eigenvalue weighted by molar-refractivity contribution is -0.137. The van der Waals surface area contributed by atoms with Gasteiger partial charge in [0.05, 0.1) is 15.6 Å². The van der Waals surface area contributed by atoms with Gasteiger partial charge in [0.2, 0.25) is 5.82 Å². The molecule has 1 heterocycles. The maximum Gasteiger partial charge on any atom is 0.416 e. The topological polar surface area (TPSA) is 47.8 Å². The van der Waals surface area contributed by atoms with Gasteiger partial charge in [-0.15, -0.1) is 5.10 Å². The maximum atomic E-state index is 12.7. The van der Waals surface area contributed by atoms with E-state index >= 15 is 0 Å². The number of carbonyl (C=O) groups is 1. The molecule has 1 aromatic carbocycles. The van der Waals surface area contributed by atoms with Crippen LogP contribution in [0.5, 0.6) is 0 Å². The first-order valence-corrected chi connectivity index (χ1v) is 7.05. The number of rotatable bonds is 3. The number of nitrogens with zero attached hydrogens (tertiary/aromatic N) is 3. The predicted molar refractivity (Wildman–Crippen MR) is 76.2 cm³/mol. The van der Waals surface area contributed by atoms with Crippen molar-refractivity contribution in [2.45, 2.75) is 11.0 Å². The molecule has 0 N–H and O–H groups in total. The van der Waals surface area contributed by atoms with Crippen LogP contribution in [-0.4, -0.2) is 21.1 Å². The molecule has 0 aliphatic heterocycles. The minimum Gasteiger partial charge on any atom is -0.294 e. The van der Waals surface area contributed by atoms with Crippen LogP contribution >= 0.6 is 46.4 Å². The van der Waals surface area contributed by atoms with E-state index in [0.29, 0.717) is 18.4 Å². The van der Waals surface area contributed by atoms with E-state index in [1.807, 2.05) is 0 Å². The highest BCUT2D eigenvalue weighted by molar-refractivity contribution is 6.44. The molecule has 0 spiro atoms. The fraction of sp³-hybridized carbons (Fsp3) is 0.182. The van der Waals surface area contributed by atoms with Gasteiger partial charge in [-0.3, -0.25) is 4.79 Å². The standard InChI is InChI=1S/C11H4Cl4F3N3O/c12-5-1-4(11(16,17)18)2-6(13)8(5)21-10(9(14)15)19-7(3-22)20-21/h1-3,9H. The Morgan fingerprint density at radius 1 is 1.18 bits per heavy atom. The molecule has 0 saturated carbocycles. The molecule has 4 nitrogen and oxygen atoms in total. The van der Waals surface area contributed by atoms with E-state index in [0.717, 1.165) is 4.68 Å². The molecule has 2 aromatic rings. The summed E-state index contributed by atoms with van der Waals surface area (Å²) in [4.78, 5) is 13.3. The summed E-state index contributed by atoms with van der Waals surface area (Å²) in [5.41, 5.74) is -1.14. The Bertz CT molecular complexity index is 707. The average Bonchev–Trinajstić information content (AvgIpc) is 2.81. The van der Waals surface area contributed by atoms with Gasteiger partial charge in [0.15, 0.2) is 16.9 Å². The number of hydrogen-bond acceptors (Lipinski definition) is 3.